The highest BCUT2D eigenvalue weighted by Crippen LogP contribution is 2.32. The van der Waals surface area contributed by atoms with Crippen molar-refractivity contribution in [2.75, 3.05) is 0 Å². The summed E-state index contributed by atoms with van der Waals surface area (Å²) >= 11 is 7.62. The Bertz CT molecular complexity index is 927. The molecule has 3 heterocycles. The Morgan fingerprint density at radius 2 is 2.10 bits per heavy atom. The monoisotopic (exact) mass is 316 g/mol. The van der Waals surface area contributed by atoms with Crippen molar-refractivity contribution in [3.05, 3.63) is 41.3 Å². The van der Waals surface area contributed by atoms with Crippen LogP contribution in [0.5, 0.6) is 0 Å². The number of nitrogens with zero attached hydrogens (tertiary/aromatic N) is 5. The second kappa shape index (κ2) is 4.71. The molecule has 0 aliphatic carbocycles. The molecular formula is C13H9ClN6S. The molecule has 1 N–H and O–H groups in total. The van der Waals surface area contributed by atoms with E-state index in [-0.39, 0.29) is 0 Å². The molecule has 0 bridgehead atoms. The first-order valence-electron chi connectivity index (χ1n) is 6.21. The molecule has 0 saturated heterocycles. The Morgan fingerprint density at radius 1 is 1.24 bits per heavy atom. The topological polar surface area (TPSA) is 71.8 Å². The van der Waals surface area contributed by atoms with Crippen molar-refractivity contribution in [1.82, 2.24) is 29.5 Å². The van der Waals surface area contributed by atoms with Crippen LogP contribution >= 0.6 is 23.4 Å². The molecule has 1 aromatic carbocycles. The zero-order valence-corrected chi connectivity index (χ0v) is 12.5. The largest absolute Gasteiger partial charge is 0.333 e. The molecule has 0 atom stereocenters. The molecule has 0 spiro atoms. The van der Waals surface area contributed by atoms with E-state index in [1.807, 2.05) is 31.2 Å². The van der Waals surface area contributed by atoms with E-state index >= 15 is 0 Å². The van der Waals surface area contributed by atoms with Crippen LogP contribution in [-0.4, -0.2) is 29.5 Å². The van der Waals surface area contributed by atoms with E-state index < -0.39 is 0 Å². The number of benzene rings is 1. The maximum absolute atomic E-state index is 6.16. The second-order valence-electron chi connectivity index (χ2n) is 4.47. The third-order valence-electron chi connectivity index (χ3n) is 3.11. The van der Waals surface area contributed by atoms with Crippen LogP contribution in [0, 0.1) is 6.92 Å². The fourth-order valence-corrected chi connectivity index (χ4v) is 3.24. The van der Waals surface area contributed by atoms with Gasteiger partial charge in [-0.3, -0.25) is 0 Å². The van der Waals surface area contributed by atoms with E-state index in [0.29, 0.717) is 10.9 Å². The molecule has 0 unspecified atom stereocenters. The molecule has 21 heavy (non-hydrogen) atoms. The third kappa shape index (κ3) is 2.05. The van der Waals surface area contributed by atoms with E-state index in [2.05, 4.69) is 25.0 Å². The molecule has 0 saturated carbocycles. The van der Waals surface area contributed by atoms with E-state index in [9.17, 15) is 0 Å². The first kappa shape index (κ1) is 12.6. The van der Waals surface area contributed by atoms with Crippen LogP contribution in [0.3, 0.4) is 0 Å². The average molecular weight is 317 g/mol. The van der Waals surface area contributed by atoms with Gasteiger partial charge < -0.3 is 4.98 Å². The lowest BCUT2D eigenvalue weighted by molar-refractivity contribution is 0.823. The second-order valence-corrected chi connectivity index (χ2v) is 5.80. The maximum Gasteiger partial charge on any atom is 0.254 e. The Hall–Kier alpha value is -2.12. The molecule has 6 nitrogen and oxygen atoms in total. The SMILES string of the molecule is Cc1c(Cl)nc2ncnn2c1Sc1nc2ccccc2[nH]1. The quantitative estimate of drug-likeness (QED) is 0.575. The lowest BCUT2D eigenvalue weighted by Gasteiger charge is -2.06. The highest BCUT2D eigenvalue weighted by molar-refractivity contribution is 7.99. The van der Waals surface area contributed by atoms with Crippen molar-refractivity contribution in [3.63, 3.8) is 0 Å². The maximum atomic E-state index is 6.16. The molecule has 0 aliphatic rings. The van der Waals surface area contributed by atoms with Crippen LogP contribution in [0.1, 0.15) is 5.56 Å². The Labute approximate surface area is 128 Å². The third-order valence-corrected chi connectivity index (χ3v) is 4.54. The fourth-order valence-electron chi connectivity index (χ4n) is 2.06. The van der Waals surface area contributed by atoms with E-state index in [1.165, 1.54) is 18.1 Å². The zero-order valence-electron chi connectivity index (χ0n) is 10.9. The number of imidazole rings is 1. The van der Waals surface area contributed by atoms with Crippen LogP contribution in [0.25, 0.3) is 16.8 Å². The van der Waals surface area contributed by atoms with Gasteiger partial charge in [-0.1, -0.05) is 23.7 Å². The molecule has 4 rings (SSSR count). The number of hydrogen-bond donors (Lipinski definition) is 1. The summed E-state index contributed by atoms with van der Waals surface area (Å²) in [6, 6.07) is 7.89. The van der Waals surface area contributed by atoms with Crippen molar-refractivity contribution in [3.8, 4) is 0 Å². The average Bonchev–Trinajstić information content (AvgIpc) is 3.09. The smallest absolute Gasteiger partial charge is 0.254 e. The highest BCUT2D eigenvalue weighted by atomic mass is 35.5. The minimum absolute atomic E-state index is 0.425. The van der Waals surface area contributed by atoms with Gasteiger partial charge in [0.2, 0.25) is 0 Å². The van der Waals surface area contributed by atoms with Gasteiger partial charge >= 0.3 is 0 Å². The summed E-state index contributed by atoms with van der Waals surface area (Å²) in [6.45, 7) is 1.90. The van der Waals surface area contributed by atoms with Crippen molar-refractivity contribution >= 4 is 40.2 Å². The van der Waals surface area contributed by atoms with E-state index in [4.69, 9.17) is 11.6 Å². The number of fused-ring (bicyclic) bond motifs is 2. The minimum atomic E-state index is 0.425. The fraction of sp³-hybridized carbons (Fsp3) is 0.0769. The molecule has 104 valence electrons. The first-order valence-corrected chi connectivity index (χ1v) is 7.40. The number of rotatable bonds is 2. The van der Waals surface area contributed by atoms with Gasteiger partial charge in [-0.05, 0) is 30.8 Å². The number of aromatic amines is 1. The Balaban J connectivity index is 1.86. The van der Waals surface area contributed by atoms with Gasteiger partial charge in [0.1, 0.15) is 16.5 Å². The number of hydrogen-bond acceptors (Lipinski definition) is 5. The zero-order chi connectivity index (χ0) is 14.4. The molecule has 3 aromatic heterocycles. The van der Waals surface area contributed by atoms with Crippen LogP contribution in [0.15, 0.2) is 40.8 Å². The molecular weight excluding hydrogens is 308 g/mol. The first-order chi connectivity index (χ1) is 10.2. The summed E-state index contributed by atoms with van der Waals surface area (Å²) in [7, 11) is 0. The summed E-state index contributed by atoms with van der Waals surface area (Å²) < 4.78 is 1.67. The van der Waals surface area contributed by atoms with Crippen LogP contribution in [0.4, 0.5) is 0 Å². The van der Waals surface area contributed by atoms with Gasteiger partial charge in [0.25, 0.3) is 5.78 Å². The van der Waals surface area contributed by atoms with Gasteiger partial charge in [-0.25, -0.2) is 4.98 Å². The summed E-state index contributed by atoms with van der Waals surface area (Å²) in [5.74, 6) is 0.476. The van der Waals surface area contributed by atoms with Gasteiger partial charge in [0, 0.05) is 5.56 Å². The lowest BCUT2D eigenvalue weighted by atomic mass is 10.3. The van der Waals surface area contributed by atoms with Crippen molar-refractivity contribution < 1.29 is 0 Å². The molecule has 0 radical (unpaired) electrons. The Morgan fingerprint density at radius 3 is 2.95 bits per heavy atom. The minimum Gasteiger partial charge on any atom is -0.333 e. The van der Waals surface area contributed by atoms with Crippen LogP contribution in [-0.2, 0) is 0 Å². The predicted octanol–water partition coefficient (Wildman–Crippen LogP) is 3.11. The highest BCUT2D eigenvalue weighted by Gasteiger charge is 2.15. The summed E-state index contributed by atoms with van der Waals surface area (Å²) in [5, 5.41) is 6.24. The molecule has 4 aromatic rings. The summed E-state index contributed by atoms with van der Waals surface area (Å²) in [5.41, 5.74) is 2.76. The van der Waals surface area contributed by atoms with Crippen molar-refractivity contribution in [1.29, 1.82) is 0 Å². The summed E-state index contributed by atoms with van der Waals surface area (Å²) in [6.07, 6.45) is 1.46. The molecule has 0 aliphatic heterocycles. The molecule has 8 heteroatoms. The van der Waals surface area contributed by atoms with E-state index in [0.717, 1.165) is 26.8 Å². The van der Waals surface area contributed by atoms with Crippen LogP contribution < -0.4 is 0 Å². The normalized spacial score (nSPS) is 11.5. The lowest BCUT2D eigenvalue weighted by Crippen LogP contribution is -2.00. The van der Waals surface area contributed by atoms with Crippen molar-refractivity contribution in [2.45, 2.75) is 17.1 Å². The number of aromatic nitrogens is 6. The molecule has 0 amide bonds. The number of para-hydroxylation sites is 2. The number of halogens is 1. The van der Waals surface area contributed by atoms with Gasteiger partial charge in [0.15, 0.2) is 5.16 Å². The predicted molar refractivity (Wildman–Crippen MR) is 80.7 cm³/mol. The van der Waals surface area contributed by atoms with Gasteiger partial charge in [0.05, 0.1) is 11.0 Å². The van der Waals surface area contributed by atoms with Gasteiger partial charge in [-0.2, -0.15) is 19.6 Å². The van der Waals surface area contributed by atoms with Crippen LogP contribution in [0.2, 0.25) is 5.15 Å². The summed E-state index contributed by atoms with van der Waals surface area (Å²) in [4.78, 5) is 16.1. The van der Waals surface area contributed by atoms with Gasteiger partial charge in [-0.15, -0.1) is 0 Å². The van der Waals surface area contributed by atoms with E-state index in [1.54, 1.807) is 4.52 Å². The number of H-pyrrole nitrogens is 1. The number of nitrogens with one attached hydrogen (secondary N) is 1. The van der Waals surface area contributed by atoms with Crippen molar-refractivity contribution in [2.24, 2.45) is 0 Å². The molecule has 0 fully saturated rings. The Kier molecular flexibility index (Phi) is 2.83. The standard InChI is InChI=1S/C13H9ClN6S/c1-7-10(14)19-12-15-6-16-20(12)11(7)21-13-17-8-4-2-3-5-9(8)18-13/h2-6H,1H3,(H,17,18).